The van der Waals surface area contributed by atoms with Crippen molar-refractivity contribution in [1.82, 2.24) is 5.48 Å². The number of carbonyl (C=O) groups is 1. The van der Waals surface area contributed by atoms with Crippen LogP contribution in [0.4, 0.5) is 0 Å². The summed E-state index contributed by atoms with van der Waals surface area (Å²) in [7, 11) is 0. The quantitative estimate of drug-likeness (QED) is 0.314. The number of hydrogen-bond donors (Lipinski definition) is 3. The van der Waals surface area contributed by atoms with E-state index in [9.17, 15) is 4.79 Å². The highest BCUT2D eigenvalue weighted by atomic mass is 16.5. The summed E-state index contributed by atoms with van der Waals surface area (Å²) in [6.45, 7) is 3.50. The van der Waals surface area contributed by atoms with Crippen LogP contribution in [0.3, 0.4) is 0 Å². The molecule has 0 bridgehead atoms. The molecule has 1 amide bonds. The van der Waals surface area contributed by atoms with Crippen LogP contribution in [0.1, 0.15) is 20.3 Å². The number of carbonyl (C=O) groups excluding carboxylic acids is 1. The molecule has 4 heteroatoms. The van der Waals surface area contributed by atoms with E-state index in [1.807, 2.05) is 6.92 Å². The van der Waals surface area contributed by atoms with Crippen LogP contribution in [0, 0.1) is 17.8 Å². The van der Waals surface area contributed by atoms with Crippen molar-refractivity contribution < 1.29 is 10.0 Å². The second kappa shape index (κ2) is 5.58. The molecule has 0 fully saturated rings. The fourth-order valence-corrected chi connectivity index (χ4v) is 0.774. The second-order valence-electron chi connectivity index (χ2n) is 2.64. The van der Waals surface area contributed by atoms with Crippen LogP contribution in [0.15, 0.2) is 0 Å². The Balaban J connectivity index is 3.91. The molecular weight excluding hydrogens is 156 g/mol. The van der Waals surface area contributed by atoms with Gasteiger partial charge in [-0.25, -0.2) is 5.48 Å². The first-order chi connectivity index (χ1) is 5.61. The fraction of sp³-hybridized carbons (Fsp3) is 0.625. The summed E-state index contributed by atoms with van der Waals surface area (Å²) >= 11 is 0. The summed E-state index contributed by atoms with van der Waals surface area (Å²) in [6.07, 6.45) is 0.187. The molecule has 0 aliphatic carbocycles. The van der Waals surface area contributed by atoms with Crippen molar-refractivity contribution in [2.45, 2.75) is 26.3 Å². The molecule has 4 N–H and O–H groups in total. The van der Waals surface area contributed by atoms with E-state index in [4.69, 9.17) is 10.9 Å². The van der Waals surface area contributed by atoms with Gasteiger partial charge in [0.15, 0.2) is 0 Å². The lowest BCUT2D eigenvalue weighted by molar-refractivity contribution is -0.130. The lowest BCUT2D eigenvalue weighted by Crippen LogP contribution is -2.31. The standard InChI is InChI=1S/C8H14N2O2/c1-3-4-7(9)6(2)5-8(11)10-12/h6-7,12H,5,9H2,1-2H3,(H,10,11). The van der Waals surface area contributed by atoms with Crippen molar-refractivity contribution in [3.63, 3.8) is 0 Å². The molecule has 0 heterocycles. The minimum absolute atomic E-state index is 0.0513. The predicted molar refractivity (Wildman–Crippen MR) is 45.1 cm³/mol. The summed E-state index contributed by atoms with van der Waals surface area (Å²) in [6, 6.07) is -0.313. The van der Waals surface area contributed by atoms with E-state index < -0.39 is 5.91 Å². The molecule has 0 spiro atoms. The highest BCUT2D eigenvalue weighted by Crippen LogP contribution is 2.04. The second-order valence-corrected chi connectivity index (χ2v) is 2.64. The molecule has 0 aromatic carbocycles. The molecular formula is C8H14N2O2. The Labute approximate surface area is 72.1 Å². The average molecular weight is 170 g/mol. The van der Waals surface area contributed by atoms with E-state index in [-0.39, 0.29) is 18.4 Å². The number of hydrogen-bond acceptors (Lipinski definition) is 3. The highest BCUT2D eigenvalue weighted by molar-refractivity contribution is 5.74. The van der Waals surface area contributed by atoms with Crippen molar-refractivity contribution in [1.29, 1.82) is 0 Å². The van der Waals surface area contributed by atoms with E-state index in [0.717, 1.165) is 0 Å². The average Bonchev–Trinajstić information content (AvgIpc) is 2.04. The van der Waals surface area contributed by atoms with Crippen LogP contribution >= 0.6 is 0 Å². The van der Waals surface area contributed by atoms with Crippen molar-refractivity contribution in [2.75, 3.05) is 0 Å². The maximum absolute atomic E-state index is 10.7. The van der Waals surface area contributed by atoms with E-state index >= 15 is 0 Å². The van der Waals surface area contributed by atoms with E-state index in [0.29, 0.717) is 0 Å². The molecule has 12 heavy (non-hydrogen) atoms. The molecule has 0 aliphatic rings. The van der Waals surface area contributed by atoms with Gasteiger partial charge in [0.1, 0.15) is 0 Å². The van der Waals surface area contributed by atoms with Crippen LogP contribution in [0.25, 0.3) is 0 Å². The van der Waals surface area contributed by atoms with E-state index in [1.165, 1.54) is 0 Å². The molecule has 68 valence electrons. The molecule has 0 aliphatic heterocycles. The van der Waals surface area contributed by atoms with Gasteiger partial charge in [-0.1, -0.05) is 12.8 Å². The zero-order valence-corrected chi connectivity index (χ0v) is 7.29. The third-order valence-electron chi connectivity index (χ3n) is 1.56. The Morgan fingerprint density at radius 3 is 2.75 bits per heavy atom. The van der Waals surface area contributed by atoms with Gasteiger partial charge in [0.2, 0.25) is 5.91 Å². The first-order valence-electron chi connectivity index (χ1n) is 3.72. The largest absolute Gasteiger partial charge is 0.317 e. The summed E-state index contributed by atoms with van der Waals surface area (Å²) in [5.41, 5.74) is 7.15. The normalized spacial score (nSPS) is 14.0. The Bertz CT molecular complexity index is 205. The Hall–Kier alpha value is -1.05. The number of rotatable bonds is 3. The molecule has 2 atom stereocenters. The lowest BCUT2D eigenvalue weighted by atomic mass is 9.99. The molecule has 0 rings (SSSR count). The molecule has 4 nitrogen and oxygen atoms in total. The first kappa shape index (κ1) is 11.0. The summed E-state index contributed by atoms with van der Waals surface area (Å²) < 4.78 is 0. The summed E-state index contributed by atoms with van der Waals surface area (Å²) in [4.78, 5) is 10.7. The van der Waals surface area contributed by atoms with Crippen LogP contribution in [-0.2, 0) is 4.79 Å². The van der Waals surface area contributed by atoms with Crippen molar-refractivity contribution in [2.24, 2.45) is 11.7 Å². The number of hydroxylamine groups is 1. The fourth-order valence-electron chi connectivity index (χ4n) is 0.774. The third kappa shape index (κ3) is 3.96. The minimum Gasteiger partial charge on any atom is -0.317 e. The van der Waals surface area contributed by atoms with Crippen LogP contribution in [0.5, 0.6) is 0 Å². The molecule has 0 radical (unpaired) electrons. The van der Waals surface area contributed by atoms with Gasteiger partial charge in [-0.15, -0.1) is 5.92 Å². The maximum Gasteiger partial charge on any atom is 0.243 e. The molecule has 2 unspecified atom stereocenters. The Kier molecular flexibility index (Phi) is 5.09. The SMILES string of the molecule is CC#CC(N)C(C)CC(=O)NO. The van der Waals surface area contributed by atoms with Crippen molar-refractivity contribution in [3.8, 4) is 11.8 Å². The van der Waals surface area contributed by atoms with E-state index in [2.05, 4.69) is 11.8 Å². The van der Waals surface area contributed by atoms with Crippen molar-refractivity contribution >= 4 is 5.91 Å². The Morgan fingerprint density at radius 1 is 1.75 bits per heavy atom. The molecule has 0 saturated heterocycles. The van der Waals surface area contributed by atoms with Gasteiger partial charge < -0.3 is 5.73 Å². The van der Waals surface area contributed by atoms with Crippen molar-refractivity contribution in [3.05, 3.63) is 0 Å². The van der Waals surface area contributed by atoms with Gasteiger partial charge in [-0.05, 0) is 12.8 Å². The highest BCUT2D eigenvalue weighted by Gasteiger charge is 2.13. The zero-order chi connectivity index (χ0) is 9.56. The van der Waals surface area contributed by atoms with Gasteiger partial charge in [0.25, 0.3) is 0 Å². The summed E-state index contributed by atoms with van der Waals surface area (Å²) in [5.74, 6) is 4.93. The zero-order valence-electron chi connectivity index (χ0n) is 7.29. The van der Waals surface area contributed by atoms with Gasteiger partial charge in [-0.3, -0.25) is 10.0 Å². The summed E-state index contributed by atoms with van der Waals surface area (Å²) in [5, 5.41) is 8.22. The minimum atomic E-state index is -0.434. The van der Waals surface area contributed by atoms with Crippen LogP contribution < -0.4 is 11.2 Å². The van der Waals surface area contributed by atoms with E-state index in [1.54, 1.807) is 12.4 Å². The number of amides is 1. The topological polar surface area (TPSA) is 75.4 Å². The molecule has 0 saturated carbocycles. The third-order valence-corrected chi connectivity index (χ3v) is 1.56. The Morgan fingerprint density at radius 2 is 2.33 bits per heavy atom. The lowest BCUT2D eigenvalue weighted by Gasteiger charge is -2.12. The monoisotopic (exact) mass is 170 g/mol. The first-order valence-corrected chi connectivity index (χ1v) is 3.72. The number of nitrogens with one attached hydrogen (secondary N) is 1. The maximum atomic E-state index is 10.7. The predicted octanol–water partition coefficient (Wildman–Crippen LogP) is -0.131. The van der Waals surface area contributed by atoms with Crippen LogP contribution in [-0.4, -0.2) is 17.2 Å². The van der Waals surface area contributed by atoms with Crippen LogP contribution in [0.2, 0.25) is 0 Å². The van der Waals surface area contributed by atoms with Gasteiger partial charge in [-0.2, -0.15) is 0 Å². The smallest absolute Gasteiger partial charge is 0.243 e. The van der Waals surface area contributed by atoms with Gasteiger partial charge >= 0.3 is 0 Å². The van der Waals surface area contributed by atoms with Gasteiger partial charge in [0, 0.05) is 6.42 Å². The molecule has 0 aromatic rings. The van der Waals surface area contributed by atoms with Gasteiger partial charge in [0.05, 0.1) is 6.04 Å². The molecule has 0 aromatic heterocycles. The number of nitrogens with two attached hydrogens (primary N) is 1.